The maximum absolute atomic E-state index is 6.17. The van der Waals surface area contributed by atoms with Crippen molar-refractivity contribution in [3.63, 3.8) is 0 Å². The number of anilines is 2. The molecule has 6 nitrogen and oxygen atoms in total. The second-order valence-electron chi connectivity index (χ2n) is 8.26. The largest absolute Gasteiger partial charge is 0.489 e. The quantitative estimate of drug-likeness (QED) is 0.366. The van der Waals surface area contributed by atoms with Crippen molar-refractivity contribution in [1.82, 2.24) is 15.0 Å². The highest BCUT2D eigenvalue weighted by Crippen LogP contribution is 2.36. The predicted octanol–water partition coefficient (Wildman–Crippen LogP) is 5.59. The van der Waals surface area contributed by atoms with Crippen molar-refractivity contribution in [3.8, 4) is 28.1 Å². The van der Waals surface area contributed by atoms with E-state index in [0.29, 0.717) is 18.1 Å². The second kappa shape index (κ2) is 9.19. The van der Waals surface area contributed by atoms with Crippen molar-refractivity contribution in [3.05, 3.63) is 96.8 Å². The van der Waals surface area contributed by atoms with Gasteiger partial charge in [0.1, 0.15) is 24.5 Å². The Kier molecular flexibility index (Phi) is 5.79. The summed E-state index contributed by atoms with van der Waals surface area (Å²) in [6.45, 7) is 0.500. The van der Waals surface area contributed by atoms with Gasteiger partial charge in [0, 0.05) is 30.9 Å². The molecule has 6 heteroatoms. The summed E-state index contributed by atoms with van der Waals surface area (Å²) in [6, 6.07) is 28.5. The average molecular weight is 448 g/mol. The Morgan fingerprint density at radius 2 is 1.62 bits per heavy atom. The van der Waals surface area contributed by atoms with E-state index >= 15 is 0 Å². The van der Waals surface area contributed by atoms with Gasteiger partial charge in [0.15, 0.2) is 5.65 Å². The molecule has 2 heterocycles. The van der Waals surface area contributed by atoms with Gasteiger partial charge in [0.25, 0.3) is 0 Å². The highest BCUT2D eigenvalue weighted by Gasteiger charge is 2.15. The molecule has 0 saturated carbocycles. The van der Waals surface area contributed by atoms with E-state index in [1.807, 2.05) is 56.6 Å². The van der Waals surface area contributed by atoms with Gasteiger partial charge in [-0.05, 0) is 41.5 Å². The minimum Gasteiger partial charge on any atom is -0.489 e. The fourth-order valence-electron chi connectivity index (χ4n) is 3.86. The van der Waals surface area contributed by atoms with Crippen molar-refractivity contribution < 1.29 is 4.74 Å². The van der Waals surface area contributed by atoms with E-state index in [1.165, 1.54) is 6.33 Å². The SMILES string of the molecule is CN(C)c1ccc(-c2nc3ncnc(N)c3cc2-c2cccc(OCc3ccccc3)c2)cc1. The van der Waals surface area contributed by atoms with Gasteiger partial charge in [-0.2, -0.15) is 0 Å². The molecule has 0 radical (unpaired) electrons. The minimum absolute atomic E-state index is 0.407. The third-order valence-corrected chi connectivity index (χ3v) is 5.71. The first-order valence-corrected chi connectivity index (χ1v) is 11.0. The molecule has 0 saturated heterocycles. The zero-order valence-electron chi connectivity index (χ0n) is 19.1. The summed E-state index contributed by atoms with van der Waals surface area (Å²) in [6.07, 6.45) is 1.45. The zero-order chi connectivity index (χ0) is 23.5. The number of nitrogen functional groups attached to an aromatic ring is 1. The Morgan fingerprint density at radius 1 is 0.824 bits per heavy atom. The monoisotopic (exact) mass is 447 g/mol. The van der Waals surface area contributed by atoms with Crippen molar-refractivity contribution in [1.29, 1.82) is 0 Å². The molecule has 0 spiro atoms. The van der Waals surface area contributed by atoms with E-state index in [-0.39, 0.29) is 0 Å². The van der Waals surface area contributed by atoms with Gasteiger partial charge in [0.2, 0.25) is 0 Å². The summed E-state index contributed by atoms with van der Waals surface area (Å²) in [7, 11) is 4.05. The Hall–Kier alpha value is -4.45. The molecule has 0 atom stereocenters. The lowest BCUT2D eigenvalue weighted by atomic mass is 9.97. The number of fused-ring (bicyclic) bond motifs is 1. The van der Waals surface area contributed by atoms with E-state index in [2.05, 4.69) is 57.3 Å². The molecule has 0 fully saturated rings. The van der Waals surface area contributed by atoms with Crippen LogP contribution in [0.1, 0.15) is 5.56 Å². The molecule has 3 aromatic carbocycles. The van der Waals surface area contributed by atoms with E-state index < -0.39 is 0 Å². The number of aromatic nitrogens is 3. The van der Waals surface area contributed by atoms with Crippen molar-refractivity contribution in [2.45, 2.75) is 6.61 Å². The van der Waals surface area contributed by atoms with Gasteiger partial charge in [-0.3, -0.25) is 0 Å². The number of hydrogen-bond acceptors (Lipinski definition) is 6. The molecule has 0 bridgehead atoms. The van der Waals surface area contributed by atoms with E-state index in [0.717, 1.165) is 44.8 Å². The number of ether oxygens (including phenoxy) is 1. The summed E-state index contributed by atoms with van der Waals surface area (Å²) < 4.78 is 6.08. The molecule has 34 heavy (non-hydrogen) atoms. The molecule has 5 aromatic rings. The number of nitrogens with zero attached hydrogens (tertiary/aromatic N) is 4. The molecule has 0 amide bonds. The predicted molar refractivity (Wildman–Crippen MR) is 138 cm³/mol. The Bertz CT molecular complexity index is 1430. The van der Waals surface area contributed by atoms with Crippen LogP contribution in [0.25, 0.3) is 33.4 Å². The van der Waals surface area contributed by atoms with Crippen LogP contribution in [0.3, 0.4) is 0 Å². The van der Waals surface area contributed by atoms with Gasteiger partial charge in [-0.1, -0.05) is 54.6 Å². The van der Waals surface area contributed by atoms with Crippen LogP contribution in [-0.4, -0.2) is 29.0 Å². The summed E-state index contributed by atoms with van der Waals surface area (Å²) in [5.41, 5.74) is 12.7. The fraction of sp³-hybridized carbons (Fsp3) is 0.107. The molecule has 0 aliphatic carbocycles. The second-order valence-corrected chi connectivity index (χ2v) is 8.26. The minimum atomic E-state index is 0.407. The Balaban J connectivity index is 1.59. The molecule has 0 aliphatic rings. The lowest BCUT2D eigenvalue weighted by Gasteiger charge is -2.15. The number of pyridine rings is 1. The summed E-state index contributed by atoms with van der Waals surface area (Å²) in [5, 5.41) is 0.724. The number of rotatable bonds is 6. The Morgan fingerprint density at radius 3 is 2.38 bits per heavy atom. The molecule has 2 aromatic heterocycles. The van der Waals surface area contributed by atoms with Gasteiger partial charge < -0.3 is 15.4 Å². The van der Waals surface area contributed by atoms with E-state index in [1.54, 1.807) is 0 Å². The van der Waals surface area contributed by atoms with Crippen molar-refractivity contribution >= 4 is 22.5 Å². The third kappa shape index (κ3) is 4.38. The highest BCUT2D eigenvalue weighted by atomic mass is 16.5. The van der Waals surface area contributed by atoms with Crippen LogP contribution in [0, 0.1) is 0 Å². The van der Waals surface area contributed by atoms with Crippen LogP contribution in [0.2, 0.25) is 0 Å². The lowest BCUT2D eigenvalue weighted by molar-refractivity contribution is 0.306. The summed E-state index contributed by atoms with van der Waals surface area (Å²) in [5.74, 6) is 1.19. The molecule has 0 unspecified atom stereocenters. The zero-order valence-corrected chi connectivity index (χ0v) is 19.1. The smallest absolute Gasteiger partial charge is 0.165 e. The first-order valence-electron chi connectivity index (χ1n) is 11.0. The van der Waals surface area contributed by atoms with Crippen LogP contribution < -0.4 is 15.4 Å². The highest BCUT2D eigenvalue weighted by molar-refractivity contribution is 5.94. The maximum Gasteiger partial charge on any atom is 0.165 e. The Labute approximate surface area is 198 Å². The summed E-state index contributed by atoms with van der Waals surface area (Å²) >= 11 is 0. The molecule has 0 aliphatic heterocycles. The lowest BCUT2D eigenvalue weighted by Crippen LogP contribution is -2.08. The van der Waals surface area contributed by atoms with Crippen molar-refractivity contribution in [2.75, 3.05) is 24.7 Å². The van der Waals surface area contributed by atoms with Gasteiger partial charge in [-0.15, -0.1) is 0 Å². The van der Waals surface area contributed by atoms with Crippen LogP contribution in [0.5, 0.6) is 5.75 Å². The standard InChI is InChI=1S/C28H25N5O/c1-33(2)22-13-11-20(12-14-22)26-24(16-25-27(29)30-18-31-28(25)32-26)21-9-6-10-23(15-21)34-17-19-7-4-3-5-8-19/h3-16,18H,17H2,1-2H3,(H2,29,30,31,32). The summed E-state index contributed by atoms with van der Waals surface area (Å²) in [4.78, 5) is 15.5. The first-order chi connectivity index (χ1) is 16.6. The van der Waals surface area contributed by atoms with Crippen LogP contribution >= 0.6 is 0 Å². The van der Waals surface area contributed by atoms with Crippen LogP contribution in [-0.2, 0) is 6.61 Å². The van der Waals surface area contributed by atoms with E-state index in [9.17, 15) is 0 Å². The van der Waals surface area contributed by atoms with Gasteiger partial charge in [-0.25, -0.2) is 15.0 Å². The molecule has 2 N–H and O–H groups in total. The van der Waals surface area contributed by atoms with Crippen molar-refractivity contribution in [2.24, 2.45) is 0 Å². The fourth-order valence-corrected chi connectivity index (χ4v) is 3.86. The van der Waals surface area contributed by atoms with Crippen LogP contribution in [0.15, 0.2) is 91.3 Å². The topological polar surface area (TPSA) is 77.2 Å². The normalized spacial score (nSPS) is 10.9. The molecular weight excluding hydrogens is 422 g/mol. The number of benzene rings is 3. The van der Waals surface area contributed by atoms with Gasteiger partial charge >= 0.3 is 0 Å². The average Bonchev–Trinajstić information content (AvgIpc) is 2.88. The number of nitrogens with two attached hydrogens (primary N) is 1. The molecule has 5 rings (SSSR count). The first kappa shape index (κ1) is 21.4. The molecular formula is C28H25N5O. The van der Waals surface area contributed by atoms with Crippen LogP contribution in [0.4, 0.5) is 11.5 Å². The van der Waals surface area contributed by atoms with E-state index in [4.69, 9.17) is 15.5 Å². The maximum atomic E-state index is 6.17. The number of hydrogen-bond donors (Lipinski definition) is 1. The van der Waals surface area contributed by atoms with Gasteiger partial charge in [0.05, 0.1) is 11.1 Å². The molecule has 168 valence electrons. The third-order valence-electron chi connectivity index (χ3n) is 5.71.